The molecule has 102 valence electrons. The van der Waals surface area contributed by atoms with Crippen molar-refractivity contribution in [2.24, 2.45) is 0 Å². The summed E-state index contributed by atoms with van der Waals surface area (Å²) < 4.78 is 14.6. The number of halogens is 1. The Balaban J connectivity index is 2.31. The van der Waals surface area contributed by atoms with Gasteiger partial charge in [-0.1, -0.05) is 36.4 Å². The molecule has 0 atom stereocenters. The highest BCUT2D eigenvalue weighted by molar-refractivity contribution is 5.84. The van der Waals surface area contributed by atoms with E-state index < -0.39 is 5.82 Å². The van der Waals surface area contributed by atoms with Crippen molar-refractivity contribution in [1.82, 2.24) is 10.2 Å². The lowest BCUT2D eigenvalue weighted by Gasteiger charge is -2.10. The first kappa shape index (κ1) is 12.9. The summed E-state index contributed by atoms with van der Waals surface area (Å²) in [5.74, 6) is -0.312. The van der Waals surface area contributed by atoms with Crippen LogP contribution in [-0.4, -0.2) is 10.2 Å². The van der Waals surface area contributed by atoms with Crippen molar-refractivity contribution in [2.75, 3.05) is 5.73 Å². The predicted molar refractivity (Wildman–Crippen MR) is 78.5 cm³/mol. The first-order chi connectivity index (χ1) is 10.2. The Morgan fingerprint density at radius 3 is 2.52 bits per heavy atom. The van der Waals surface area contributed by atoms with Gasteiger partial charge in [-0.2, -0.15) is 10.4 Å². The first-order valence-electron chi connectivity index (χ1n) is 6.30. The highest BCUT2D eigenvalue weighted by Gasteiger charge is 2.18. The van der Waals surface area contributed by atoms with Gasteiger partial charge < -0.3 is 5.73 Å². The van der Waals surface area contributed by atoms with E-state index >= 15 is 0 Å². The molecule has 3 aromatic rings. The van der Waals surface area contributed by atoms with E-state index in [2.05, 4.69) is 10.2 Å². The lowest BCUT2D eigenvalue weighted by Crippen LogP contribution is -1.94. The minimum absolute atomic E-state index is 0.0159. The molecule has 4 nitrogen and oxygen atoms in total. The minimum Gasteiger partial charge on any atom is -0.382 e. The number of hydrogen-bond donors (Lipinski definition) is 2. The summed E-state index contributed by atoms with van der Waals surface area (Å²) in [5.41, 5.74) is 7.85. The second-order valence-electron chi connectivity index (χ2n) is 4.53. The van der Waals surface area contributed by atoms with Crippen LogP contribution in [0.25, 0.3) is 22.4 Å². The summed E-state index contributed by atoms with van der Waals surface area (Å²) in [6, 6.07) is 16.0. The van der Waals surface area contributed by atoms with Gasteiger partial charge >= 0.3 is 0 Å². The molecule has 21 heavy (non-hydrogen) atoms. The third-order valence-corrected chi connectivity index (χ3v) is 3.21. The largest absolute Gasteiger partial charge is 0.382 e. The molecule has 0 radical (unpaired) electrons. The SMILES string of the molecule is N#Cc1ccc(-c2ccccc2)c(-c2cc(N)n[nH]2)c1F. The van der Waals surface area contributed by atoms with Crippen LogP contribution in [-0.2, 0) is 0 Å². The summed E-state index contributed by atoms with van der Waals surface area (Å²) >= 11 is 0. The fourth-order valence-electron chi connectivity index (χ4n) is 2.25. The molecule has 0 aliphatic carbocycles. The zero-order valence-corrected chi connectivity index (χ0v) is 11.0. The van der Waals surface area contributed by atoms with Gasteiger partial charge in [0.05, 0.1) is 11.3 Å². The number of aromatic amines is 1. The zero-order chi connectivity index (χ0) is 14.8. The van der Waals surface area contributed by atoms with Crippen molar-refractivity contribution in [3.05, 3.63) is 59.9 Å². The molecule has 1 heterocycles. The van der Waals surface area contributed by atoms with E-state index in [4.69, 9.17) is 11.0 Å². The molecule has 0 saturated carbocycles. The highest BCUT2D eigenvalue weighted by atomic mass is 19.1. The average molecular weight is 278 g/mol. The molecule has 3 N–H and O–H groups in total. The standard InChI is InChI=1S/C16H11FN4/c17-16-11(9-18)6-7-12(10-4-2-1-3-5-10)15(16)13-8-14(19)21-20-13/h1-8H,(H3,19,20,21). The molecule has 0 saturated heterocycles. The summed E-state index contributed by atoms with van der Waals surface area (Å²) in [6.07, 6.45) is 0. The van der Waals surface area contributed by atoms with Crippen LogP contribution >= 0.6 is 0 Å². The summed E-state index contributed by atoms with van der Waals surface area (Å²) in [4.78, 5) is 0. The summed E-state index contributed by atoms with van der Waals surface area (Å²) in [7, 11) is 0. The molecule has 0 fully saturated rings. The number of hydrogen-bond acceptors (Lipinski definition) is 3. The van der Waals surface area contributed by atoms with Gasteiger partial charge in [-0.05, 0) is 17.2 Å². The number of nitrogens with zero attached hydrogens (tertiary/aromatic N) is 2. The molecular weight excluding hydrogens is 267 g/mol. The van der Waals surface area contributed by atoms with E-state index in [1.165, 1.54) is 6.07 Å². The van der Waals surface area contributed by atoms with Crippen LogP contribution < -0.4 is 5.73 Å². The van der Waals surface area contributed by atoms with Crippen LogP contribution in [0.15, 0.2) is 48.5 Å². The number of benzene rings is 2. The number of nitrogen functional groups attached to an aromatic ring is 1. The van der Waals surface area contributed by atoms with Gasteiger partial charge in [0.15, 0.2) is 5.82 Å². The molecule has 1 aromatic heterocycles. The van der Waals surface area contributed by atoms with Crippen molar-refractivity contribution in [1.29, 1.82) is 5.26 Å². The van der Waals surface area contributed by atoms with E-state index in [0.717, 1.165) is 5.56 Å². The van der Waals surface area contributed by atoms with Crippen molar-refractivity contribution in [3.8, 4) is 28.5 Å². The number of nitriles is 1. The van der Waals surface area contributed by atoms with Crippen LogP contribution in [0, 0.1) is 17.1 Å². The Kier molecular flexibility index (Phi) is 3.13. The normalized spacial score (nSPS) is 10.3. The van der Waals surface area contributed by atoms with E-state index in [1.807, 2.05) is 36.4 Å². The smallest absolute Gasteiger partial charge is 0.150 e. The van der Waals surface area contributed by atoms with E-state index in [0.29, 0.717) is 16.8 Å². The van der Waals surface area contributed by atoms with Gasteiger partial charge in [0.2, 0.25) is 0 Å². The fraction of sp³-hybridized carbons (Fsp3) is 0. The average Bonchev–Trinajstić information content (AvgIpc) is 2.94. The number of aromatic nitrogens is 2. The molecular formula is C16H11FN4. The number of nitrogens with one attached hydrogen (secondary N) is 1. The fourth-order valence-corrected chi connectivity index (χ4v) is 2.25. The van der Waals surface area contributed by atoms with Gasteiger partial charge in [0.25, 0.3) is 0 Å². The molecule has 0 spiro atoms. The van der Waals surface area contributed by atoms with Crippen molar-refractivity contribution in [2.45, 2.75) is 0 Å². The van der Waals surface area contributed by atoms with Crippen LogP contribution in [0.4, 0.5) is 10.2 Å². The van der Waals surface area contributed by atoms with Crippen LogP contribution in [0.2, 0.25) is 0 Å². The molecule has 5 heteroatoms. The minimum atomic E-state index is -0.581. The van der Waals surface area contributed by atoms with Crippen molar-refractivity contribution in [3.63, 3.8) is 0 Å². The zero-order valence-electron chi connectivity index (χ0n) is 11.0. The number of nitrogens with two attached hydrogens (primary N) is 1. The van der Waals surface area contributed by atoms with E-state index in [1.54, 1.807) is 12.1 Å². The van der Waals surface area contributed by atoms with Crippen molar-refractivity contribution >= 4 is 5.82 Å². The van der Waals surface area contributed by atoms with E-state index in [-0.39, 0.29) is 11.4 Å². The van der Waals surface area contributed by atoms with Crippen LogP contribution in [0.1, 0.15) is 5.56 Å². The summed E-state index contributed by atoms with van der Waals surface area (Å²) in [6.45, 7) is 0. The monoisotopic (exact) mass is 278 g/mol. The topological polar surface area (TPSA) is 78.5 Å². The van der Waals surface area contributed by atoms with Gasteiger partial charge in [-0.25, -0.2) is 4.39 Å². The molecule has 0 aliphatic rings. The Labute approximate surface area is 120 Å². The van der Waals surface area contributed by atoms with Crippen molar-refractivity contribution < 1.29 is 4.39 Å². The molecule has 3 rings (SSSR count). The van der Waals surface area contributed by atoms with Gasteiger partial charge in [-0.3, -0.25) is 5.10 Å². The Morgan fingerprint density at radius 2 is 1.90 bits per heavy atom. The Bertz CT molecular complexity index is 831. The molecule has 2 aromatic carbocycles. The lowest BCUT2D eigenvalue weighted by atomic mass is 9.95. The maximum atomic E-state index is 14.6. The second kappa shape index (κ2) is 5.10. The Morgan fingerprint density at radius 1 is 1.14 bits per heavy atom. The maximum Gasteiger partial charge on any atom is 0.150 e. The third kappa shape index (κ3) is 2.23. The number of rotatable bonds is 2. The first-order valence-corrected chi connectivity index (χ1v) is 6.30. The quantitative estimate of drug-likeness (QED) is 0.754. The third-order valence-electron chi connectivity index (χ3n) is 3.21. The van der Waals surface area contributed by atoms with Gasteiger partial charge in [0, 0.05) is 11.6 Å². The van der Waals surface area contributed by atoms with E-state index in [9.17, 15) is 4.39 Å². The second-order valence-corrected chi connectivity index (χ2v) is 4.53. The lowest BCUT2D eigenvalue weighted by molar-refractivity contribution is 0.627. The Hall–Kier alpha value is -3.13. The molecule has 0 aliphatic heterocycles. The molecule has 0 unspecified atom stereocenters. The molecule has 0 bridgehead atoms. The summed E-state index contributed by atoms with van der Waals surface area (Å²) in [5, 5.41) is 15.5. The highest BCUT2D eigenvalue weighted by Crippen LogP contribution is 2.35. The maximum absolute atomic E-state index is 14.6. The van der Waals surface area contributed by atoms with Gasteiger partial charge in [0.1, 0.15) is 11.9 Å². The van der Waals surface area contributed by atoms with Crippen LogP contribution in [0.5, 0.6) is 0 Å². The van der Waals surface area contributed by atoms with Crippen LogP contribution in [0.3, 0.4) is 0 Å². The number of anilines is 1. The molecule has 0 amide bonds. The van der Waals surface area contributed by atoms with Gasteiger partial charge in [-0.15, -0.1) is 0 Å². The number of H-pyrrole nitrogens is 1. The predicted octanol–water partition coefficient (Wildman–Crippen LogP) is 3.34.